The van der Waals surface area contributed by atoms with Crippen molar-refractivity contribution >= 4 is 0 Å². The predicted molar refractivity (Wildman–Crippen MR) is 20.7 cm³/mol. The van der Waals surface area contributed by atoms with Crippen molar-refractivity contribution in [2.75, 3.05) is 6.67 Å². The summed E-state index contributed by atoms with van der Waals surface area (Å²) < 4.78 is 11.1. The molecule has 0 rings (SSSR count). The van der Waals surface area contributed by atoms with E-state index in [9.17, 15) is 9.50 Å². The molecular formula is C4H8FO. The Morgan fingerprint density at radius 1 is 1.83 bits per heavy atom. The second-order valence-corrected chi connectivity index (χ2v) is 1.18. The van der Waals surface area contributed by atoms with Gasteiger partial charge in [0.15, 0.2) is 0 Å². The molecule has 0 amide bonds. The number of alkyl halides is 1. The zero-order valence-corrected chi connectivity index (χ0v) is 3.78. The van der Waals surface area contributed by atoms with E-state index in [1.807, 2.05) is 0 Å². The second-order valence-electron chi connectivity index (χ2n) is 1.18. The molecule has 1 nitrogen and oxygen atoms in total. The fourth-order valence-electron chi connectivity index (χ4n) is 0.109. The van der Waals surface area contributed by atoms with Crippen molar-refractivity contribution in [3.8, 4) is 0 Å². The zero-order valence-electron chi connectivity index (χ0n) is 3.78. The third kappa shape index (κ3) is 2.15. The van der Waals surface area contributed by atoms with Crippen LogP contribution in [0.25, 0.3) is 0 Å². The van der Waals surface area contributed by atoms with Crippen LogP contribution in [0, 0.1) is 0 Å². The van der Waals surface area contributed by atoms with Crippen LogP contribution in [-0.4, -0.2) is 12.8 Å². The Labute approximate surface area is 36.8 Å². The highest BCUT2D eigenvalue weighted by Crippen LogP contribution is 1.88. The van der Waals surface area contributed by atoms with Crippen LogP contribution in [0.1, 0.15) is 13.3 Å². The lowest BCUT2D eigenvalue weighted by Gasteiger charge is -1.91. The van der Waals surface area contributed by atoms with Crippen LogP contribution in [0.15, 0.2) is 0 Å². The molecule has 0 N–H and O–H groups in total. The molecular weight excluding hydrogens is 83.0 g/mol. The summed E-state index contributed by atoms with van der Waals surface area (Å²) in [6, 6.07) is 0. The van der Waals surface area contributed by atoms with Crippen molar-refractivity contribution < 1.29 is 9.50 Å². The fraction of sp³-hybridized carbons (Fsp3) is 1.00. The molecule has 37 valence electrons. The van der Waals surface area contributed by atoms with Gasteiger partial charge >= 0.3 is 0 Å². The molecule has 0 saturated heterocycles. The summed E-state index contributed by atoms with van der Waals surface area (Å²) in [5.74, 6) is 0. The van der Waals surface area contributed by atoms with Gasteiger partial charge in [0.1, 0.15) is 12.8 Å². The molecule has 6 heavy (non-hydrogen) atoms. The van der Waals surface area contributed by atoms with Gasteiger partial charge in [-0.25, -0.2) is 9.50 Å². The number of hydrogen-bond donors (Lipinski definition) is 0. The normalized spacial score (nSPS) is 14.5. The lowest BCUT2D eigenvalue weighted by Crippen LogP contribution is -2.02. The molecule has 0 spiro atoms. The summed E-state index contributed by atoms with van der Waals surface area (Å²) in [4.78, 5) is 0. The molecule has 0 aliphatic rings. The maximum absolute atomic E-state index is 11.1. The van der Waals surface area contributed by atoms with E-state index in [0.717, 1.165) is 0 Å². The summed E-state index contributed by atoms with van der Waals surface area (Å²) in [6.45, 7) is 0.952. The van der Waals surface area contributed by atoms with E-state index in [0.29, 0.717) is 6.42 Å². The van der Waals surface area contributed by atoms with Crippen LogP contribution < -0.4 is 0 Å². The van der Waals surface area contributed by atoms with Crippen molar-refractivity contribution in [2.24, 2.45) is 0 Å². The van der Waals surface area contributed by atoms with E-state index in [-0.39, 0.29) is 0 Å². The minimum atomic E-state index is -0.981. The Hall–Kier alpha value is -0.110. The van der Waals surface area contributed by atoms with E-state index in [4.69, 9.17) is 0 Å². The molecule has 0 aliphatic heterocycles. The highest BCUT2D eigenvalue weighted by Gasteiger charge is 1.97. The summed E-state index contributed by atoms with van der Waals surface area (Å²) in [5.41, 5.74) is 0. The minimum absolute atomic E-state index is 0.399. The predicted octanol–water partition coefficient (Wildman–Crippen LogP) is 1.17. The van der Waals surface area contributed by atoms with Crippen molar-refractivity contribution in [3.63, 3.8) is 0 Å². The Bertz CT molecular complexity index is 26.7. The lowest BCUT2D eigenvalue weighted by molar-refractivity contribution is 0.0624. The van der Waals surface area contributed by atoms with Crippen molar-refractivity contribution in [1.82, 2.24) is 0 Å². The van der Waals surface area contributed by atoms with Gasteiger partial charge in [0.2, 0.25) is 0 Å². The van der Waals surface area contributed by atoms with Crippen LogP contribution in [0.3, 0.4) is 0 Å². The molecule has 1 unspecified atom stereocenters. The molecule has 1 atom stereocenters. The van der Waals surface area contributed by atoms with Crippen LogP contribution >= 0.6 is 0 Å². The maximum atomic E-state index is 11.1. The first kappa shape index (κ1) is 5.89. The van der Waals surface area contributed by atoms with Crippen LogP contribution in [-0.2, 0) is 5.11 Å². The number of halogens is 1. The highest BCUT2D eigenvalue weighted by atomic mass is 19.1. The molecule has 0 saturated carbocycles. The molecule has 2 heteroatoms. The molecule has 0 bridgehead atoms. The Morgan fingerprint density at radius 3 is 2.33 bits per heavy atom. The van der Waals surface area contributed by atoms with Gasteiger partial charge in [0.05, 0.1) is 0 Å². The Kier molecular flexibility index (Phi) is 3.04. The van der Waals surface area contributed by atoms with Gasteiger partial charge in [0, 0.05) is 0 Å². The van der Waals surface area contributed by atoms with Gasteiger partial charge in [-0.1, -0.05) is 6.92 Å². The van der Waals surface area contributed by atoms with Gasteiger partial charge < -0.3 is 0 Å². The molecule has 1 radical (unpaired) electrons. The first-order valence-electron chi connectivity index (χ1n) is 2.03. The fourth-order valence-corrected chi connectivity index (χ4v) is 0.109. The smallest absolute Gasteiger partial charge is 0.121 e. The van der Waals surface area contributed by atoms with Gasteiger partial charge in [-0.05, 0) is 6.42 Å². The Morgan fingerprint density at radius 2 is 2.33 bits per heavy atom. The van der Waals surface area contributed by atoms with Crippen molar-refractivity contribution in [1.29, 1.82) is 0 Å². The summed E-state index contributed by atoms with van der Waals surface area (Å²) in [7, 11) is 0. The van der Waals surface area contributed by atoms with Gasteiger partial charge in [0.25, 0.3) is 0 Å². The monoisotopic (exact) mass is 91.1 g/mol. The van der Waals surface area contributed by atoms with Crippen LogP contribution in [0.2, 0.25) is 0 Å². The summed E-state index contributed by atoms with van der Waals surface area (Å²) >= 11 is 0. The molecule has 0 aromatic rings. The van der Waals surface area contributed by atoms with Crippen molar-refractivity contribution in [3.05, 3.63) is 0 Å². The number of rotatable bonds is 2. The topological polar surface area (TPSA) is 19.9 Å². The minimum Gasteiger partial charge on any atom is -0.248 e. The third-order valence-electron chi connectivity index (χ3n) is 0.627. The van der Waals surface area contributed by atoms with E-state index < -0.39 is 12.8 Å². The van der Waals surface area contributed by atoms with Crippen LogP contribution in [0.4, 0.5) is 4.39 Å². The maximum Gasteiger partial charge on any atom is 0.121 e. The highest BCUT2D eigenvalue weighted by molar-refractivity contribution is 4.43. The zero-order chi connectivity index (χ0) is 4.99. The van der Waals surface area contributed by atoms with E-state index in [1.165, 1.54) is 0 Å². The average molecular weight is 91.1 g/mol. The standard InChI is InChI=1S/C4H8FO/c1-2-4(6)3-5/h4H,2-3H2,1H3. The van der Waals surface area contributed by atoms with Crippen molar-refractivity contribution in [2.45, 2.75) is 19.4 Å². The van der Waals surface area contributed by atoms with E-state index >= 15 is 0 Å². The van der Waals surface area contributed by atoms with Gasteiger partial charge in [-0.15, -0.1) is 0 Å². The molecule has 0 heterocycles. The quantitative estimate of drug-likeness (QED) is 0.486. The number of hydrogen-bond acceptors (Lipinski definition) is 0. The lowest BCUT2D eigenvalue weighted by atomic mass is 10.3. The van der Waals surface area contributed by atoms with Gasteiger partial charge in [-0.2, -0.15) is 0 Å². The molecule has 0 fully saturated rings. The Balaban J connectivity index is 2.75. The van der Waals surface area contributed by atoms with Gasteiger partial charge in [-0.3, -0.25) is 0 Å². The second kappa shape index (κ2) is 3.09. The first-order chi connectivity index (χ1) is 2.81. The van der Waals surface area contributed by atoms with E-state index in [2.05, 4.69) is 0 Å². The average Bonchev–Trinajstić information content (AvgIpc) is 1.65. The SMILES string of the molecule is CCC([O])CF. The summed E-state index contributed by atoms with van der Waals surface area (Å²) in [6.07, 6.45) is -0.582. The summed E-state index contributed by atoms with van der Waals surface area (Å²) in [5, 5.41) is 9.89. The molecule has 0 aromatic heterocycles. The third-order valence-corrected chi connectivity index (χ3v) is 0.627. The molecule has 0 aliphatic carbocycles. The van der Waals surface area contributed by atoms with E-state index in [1.54, 1.807) is 6.92 Å². The largest absolute Gasteiger partial charge is 0.248 e. The van der Waals surface area contributed by atoms with Crippen LogP contribution in [0.5, 0.6) is 0 Å². The molecule has 0 aromatic carbocycles. The first-order valence-corrected chi connectivity index (χ1v) is 2.03.